The molecule has 24 heavy (non-hydrogen) atoms. The molecule has 0 radical (unpaired) electrons. The van der Waals surface area contributed by atoms with Gasteiger partial charge in [0.15, 0.2) is 0 Å². The lowest BCUT2D eigenvalue weighted by atomic mass is 9.88. The van der Waals surface area contributed by atoms with Crippen LogP contribution in [-0.4, -0.2) is 36.4 Å². The van der Waals surface area contributed by atoms with Crippen LogP contribution in [0.3, 0.4) is 0 Å². The first kappa shape index (κ1) is 16.8. The lowest BCUT2D eigenvalue weighted by molar-refractivity contribution is -0.133. The van der Waals surface area contributed by atoms with E-state index >= 15 is 0 Å². The zero-order valence-electron chi connectivity index (χ0n) is 14.1. The van der Waals surface area contributed by atoms with E-state index < -0.39 is 0 Å². The minimum absolute atomic E-state index is 0.230. The van der Waals surface area contributed by atoms with Crippen LogP contribution in [0.5, 0.6) is 5.75 Å². The number of carbonyl (C=O) groups excluding carboxylic acids is 2. The molecule has 0 saturated carbocycles. The van der Waals surface area contributed by atoms with Gasteiger partial charge < -0.3 is 15.4 Å². The highest BCUT2D eigenvalue weighted by atomic mass is 16.5. The second-order valence-corrected chi connectivity index (χ2v) is 6.91. The maximum atomic E-state index is 12.7. The number of amides is 2. The molecule has 2 heterocycles. The summed E-state index contributed by atoms with van der Waals surface area (Å²) in [7, 11) is 0. The normalized spacial score (nSPS) is 21.0. The van der Waals surface area contributed by atoms with E-state index in [1.54, 1.807) is 0 Å². The molecule has 5 heteroatoms. The van der Waals surface area contributed by atoms with Gasteiger partial charge in [0.2, 0.25) is 11.8 Å². The highest BCUT2D eigenvalue weighted by Crippen LogP contribution is 2.36. The van der Waals surface area contributed by atoms with Crippen LogP contribution in [0.1, 0.15) is 50.0 Å². The molecule has 1 unspecified atom stereocenters. The van der Waals surface area contributed by atoms with E-state index in [0.29, 0.717) is 25.4 Å². The van der Waals surface area contributed by atoms with Crippen LogP contribution in [0.15, 0.2) is 24.3 Å². The number of carbonyl (C=O) groups is 2. The fraction of sp³-hybridized carbons (Fsp3) is 0.579. The lowest BCUT2D eigenvalue weighted by Crippen LogP contribution is -2.39. The smallest absolute Gasteiger partial charge is 0.223 e. The Morgan fingerprint density at radius 2 is 1.92 bits per heavy atom. The average Bonchev–Trinajstić information content (AvgIpc) is 2.60. The van der Waals surface area contributed by atoms with Gasteiger partial charge in [-0.3, -0.25) is 9.59 Å². The van der Waals surface area contributed by atoms with Crippen molar-refractivity contribution < 1.29 is 14.3 Å². The highest BCUT2D eigenvalue weighted by Gasteiger charge is 2.28. The lowest BCUT2D eigenvalue weighted by Gasteiger charge is -2.33. The van der Waals surface area contributed by atoms with Crippen LogP contribution >= 0.6 is 0 Å². The van der Waals surface area contributed by atoms with E-state index in [1.807, 2.05) is 23.1 Å². The van der Waals surface area contributed by atoms with E-state index in [1.165, 1.54) is 0 Å². The van der Waals surface area contributed by atoms with Crippen LogP contribution < -0.4 is 10.5 Å². The number of para-hydroxylation sites is 1. The second-order valence-electron chi connectivity index (χ2n) is 6.91. The quantitative estimate of drug-likeness (QED) is 0.901. The summed E-state index contributed by atoms with van der Waals surface area (Å²) in [5.41, 5.74) is 6.38. The maximum Gasteiger partial charge on any atom is 0.223 e. The molecule has 1 fully saturated rings. The number of nitrogens with zero attached hydrogens (tertiary/aromatic N) is 1. The van der Waals surface area contributed by atoms with Crippen LogP contribution in [0.2, 0.25) is 0 Å². The Bertz CT molecular complexity index is 594. The summed E-state index contributed by atoms with van der Waals surface area (Å²) in [6.45, 7) is 2.28. The minimum atomic E-state index is -0.230. The van der Waals surface area contributed by atoms with Crippen LogP contribution in [0.25, 0.3) is 0 Å². The second kappa shape index (κ2) is 7.69. The third-order valence-electron chi connectivity index (χ3n) is 5.27. The average molecular weight is 330 g/mol. The molecule has 5 nitrogen and oxygen atoms in total. The Labute approximate surface area is 143 Å². The number of nitrogens with two attached hydrogens (primary N) is 1. The number of hydrogen-bond donors (Lipinski definition) is 1. The summed E-state index contributed by atoms with van der Waals surface area (Å²) in [5, 5.41) is 0. The van der Waals surface area contributed by atoms with E-state index in [4.69, 9.17) is 10.5 Å². The van der Waals surface area contributed by atoms with Crippen molar-refractivity contribution in [2.75, 3.05) is 19.7 Å². The first-order valence-corrected chi connectivity index (χ1v) is 8.91. The Hall–Kier alpha value is -2.04. The standard InChI is InChI=1S/C19H26N2O3/c20-18(22)6-5-14-7-10-21(11-8-14)19(23)13-15-9-12-24-17-4-2-1-3-16(15)17/h1-4,14-15H,5-13H2,(H2,20,22). The summed E-state index contributed by atoms with van der Waals surface area (Å²) in [4.78, 5) is 25.5. The van der Waals surface area contributed by atoms with Crippen LogP contribution in [0.4, 0.5) is 0 Å². The number of hydrogen-bond acceptors (Lipinski definition) is 3. The van der Waals surface area contributed by atoms with Crippen LogP contribution in [0, 0.1) is 5.92 Å². The fourth-order valence-electron chi connectivity index (χ4n) is 3.79. The third kappa shape index (κ3) is 4.08. The van der Waals surface area contributed by atoms with Gasteiger partial charge in [0.05, 0.1) is 6.61 Å². The zero-order valence-corrected chi connectivity index (χ0v) is 14.1. The number of fused-ring (bicyclic) bond motifs is 1. The van der Waals surface area contributed by atoms with E-state index in [9.17, 15) is 9.59 Å². The largest absolute Gasteiger partial charge is 0.493 e. The highest BCUT2D eigenvalue weighted by molar-refractivity contribution is 5.77. The van der Waals surface area contributed by atoms with Crippen molar-refractivity contribution in [2.24, 2.45) is 11.7 Å². The Kier molecular flexibility index (Phi) is 5.38. The van der Waals surface area contributed by atoms with Crippen molar-refractivity contribution in [2.45, 2.75) is 44.4 Å². The molecule has 2 aliphatic rings. The van der Waals surface area contributed by atoms with Gasteiger partial charge in [-0.2, -0.15) is 0 Å². The fourth-order valence-corrected chi connectivity index (χ4v) is 3.79. The molecule has 0 aliphatic carbocycles. The molecule has 1 saturated heterocycles. The summed E-state index contributed by atoms with van der Waals surface area (Å²) in [6.07, 6.45) is 4.72. The molecule has 1 atom stereocenters. The number of ether oxygens (including phenoxy) is 1. The first-order valence-electron chi connectivity index (χ1n) is 8.91. The number of likely N-dealkylation sites (tertiary alicyclic amines) is 1. The molecular formula is C19H26N2O3. The van der Waals surface area contributed by atoms with Crippen molar-refractivity contribution in [1.82, 2.24) is 4.90 Å². The molecule has 1 aromatic rings. The number of piperidine rings is 1. The van der Waals surface area contributed by atoms with E-state index in [0.717, 1.165) is 50.1 Å². The monoisotopic (exact) mass is 330 g/mol. The maximum absolute atomic E-state index is 12.7. The van der Waals surface area contributed by atoms with E-state index in [2.05, 4.69) is 6.07 Å². The number of benzene rings is 1. The molecule has 1 aromatic carbocycles. The molecule has 2 aliphatic heterocycles. The topological polar surface area (TPSA) is 72.6 Å². The van der Waals surface area contributed by atoms with Gasteiger partial charge >= 0.3 is 0 Å². The van der Waals surface area contributed by atoms with Crippen molar-refractivity contribution >= 4 is 11.8 Å². The summed E-state index contributed by atoms with van der Waals surface area (Å²) >= 11 is 0. The van der Waals surface area contributed by atoms with Crippen molar-refractivity contribution in [3.8, 4) is 5.75 Å². The van der Waals surface area contributed by atoms with Crippen LogP contribution in [-0.2, 0) is 9.59 Å². The summed E-state index contributed by atoms with van der Waals surface area (Å²) < 4.78 is 5.68. The summed E-state index contributed by atoms with van der Waals surface area (Å²) in [5.74, 6) is 1.71. The van der Waals surface area contributed by atoms with Gasteiger partial charge in [-0.25, -0.2) is 0 Å². The van der Waals surface area contributed by atoms with Gasteiger partial charge in [-0.05, 0) is 49.1 Å². The molecule has 0 bridgehead atoms. The van der Waals surface area contributed by atoms with Gasteiger partial charge in [0.25, 0.3) is 0 Å². The van der Waals surface area contributed by atoms with Gasteiger partial charge in [-0.15, -0.1) is 0 Å². The predicted molar refractivity (Wildman–Crippen MR) is 91.6 cm³/mol. The van der Waals surface area contributed by atoms with E-state index in [-0.39, 0.29) is 17.7 Å². The van der Waals surface area contributed by atoms with Crippen molar-refractivity contribution in [1.29, 1.82) is 0 Å². The number of rotatable bonds is 5. The molecular weight excluding hydrogens is 304 g/mol. The molecule has 2 N–H and O–H groups in total. The van der Waals surface area contributed by atoms with Crippen molar-refractivity contribution in [3.05, 3.63) is 29.8 Å². The zero-order chi connectivity index (χ0) is 16.9. The Balaban J connectivity index is 1.51. The summed E-state index contributed by atoms with van der Waals surface area (Å²) in [6, 6.07) is 8.04. The van der Waals surface area contributed by atoms with Crippen molar-refractivity contribution in [3.63, 3.8) is 0 Å². The van der Waals surface area contributed by atoms with Gasteiger partial charge in [0.1, 0.15) is 5.75 Å². The first-order chi connectivity index (χ1) is 11.6. The Morgan fingerprint density at radius 3 is 2.67 bits per heavy atom. The minimum Gasteiger partial charge on any atom is -0.493 e. The molecule has 0 spiro atoms. The Morgan fingerprint density at radius 1 is 1.17 bits per heavy atom. The SMILES string of the molecule is NC(=O)CCC1CCN(C(=O)CC2CCOc3ccccc32)CC1. The predicted octanol–water partition coefficient (Wildman–Crippen LogP) is 2.45. The molecule has 130 valence electrons. The molecule has 3 rings (SSSR count). The van der Waals surface area contributed by atoms with Gasteiger partial charge in [-0.1, -0.05) is 18.2 Å². The third-order valence-corrected chi connectivity index (χ3v) is 5.27. The molecule has 0 aromatic heterocycles. The molecule has 2 amide bonds. The van der Waals surface area contributed by atoms with Gasteiger partial charge in [0, 0.05) is 25.9 Å². The number of primary amides is 1.